The first kappa shape index (κ1) is 20.4. The van der Waals surface area contributed by atoms with E-state index < -0.39 is 5.92 Å². The second-order valence-electron chi connectivity index (χ2n) is 7.13. The van der Waals surface area contributed by atoms with Crippen LogP contribution in [0.1, 0.15) is 35.3 Å². The summed E-state index contributed by atoms with van der Waals surface area (Å²) in [5.74, 6) is -0.915. The Labute approximate surface area is 169 Å². The van der Waals surface area contributed by atoms with Crippen molar-refractivity contribution in [3.63, 3.8) is 0 Å². The van der Waals surface area contributed by atoms with Crippen LogP contribution >= 0.6 is 0 Å². The average molecular weight is 395 g/mol. The van der Waals surface area contributed by atoms with Gasteiger partial charge in [0.25, 0.3) is 5.91 Å². The molecule has 1 saturated heterocycles. The highest BCUT2D eigenvalue weighted by Gasteiger charge is 2.36. The molecule has 2 aromatic carbocycles. The van der Waals surface area contributed by atoms with Crippen LogP contribution in [0.25, 0.3) is 0 Å². The van der Waals surface area contributed by atoms with Crippen molar-refractivity contribution in [2.75, 3.05) is 19.6 Å². The van der Waals surface area contributed by atoms with Gasteiger partial charge in [-0.1, -0.05) is 36.4 Å². The van der Waals surface area contributed by atoms with Crippen LogP contribution in [0.5, 0.6) is 5.75 Å². The van der Waals surface area contributed by atoms with Gasteiger partial charge in [-0.2, -0.15) is 0 Å². The van der Waals surface area contributed by atoms with E-state index in [0.29, 0.717) is 12.1 Å². The predicted octanol–water partition coefficient (Wildman–Crippen LogP) is 1.85. The van der Waals surface area contributed by atoms with E-state index >= 15 is 0 Å². The molecule has 0 bridgehead atoms. The third-order valence-corrected chi connectivity index (χ3v) is 5.10. The van der Waals surface area contributed by atoms with Gasteiger partial charge in [0, 0.05) is 31.6 Å². The quantitative estimate of drug-likeness (QED) is 0.623. The Kier molecular flexibility index (Phi) is 6.49. The highest BCUT2D eigenvalue weighted by atomic mass is 16.3. The normalized spacial score (nSPS) is 17.1. The lowest BCUT2D eigenvalue weighted by Gasteiger charge is -2.25. The third kappa shape index (κ3) is 5.13. The molecule has 0 radical (unpaired) electrons. The molecule has 7 heteroatoms. The Morgan fingerprint density at radius 1 is 1.10 bits per heavy atom. The van der Waals surface area contributed by atoms with Crippen molar-refractivity contribution in [2.24, 2.45) is 5.92 Å². The van der Waals surface area contributed by atoms with E-state index in [9.17, 15) is 19.5 Å². The molecule has 2 atom stereocenters. The van der Waals surface area contributed by atoms with Gasteiger partial charge >= 0.3 is 0 Å². The number of likely N-dealkylation sites (tertiary alicyclic amines) is 1. The molecular weight excluding hydrogens is 370 g/mol. The number of phenolic OH excluding ortho intramolecular Hbond substituents is 1. The number of amides is 3. The van der Waals surface area contributed by atoms with Gasteiger partial charge in [0.2, 0.25) is 11.8 Å². The van der Waals surface area contributed by atoms with Gasteiger partial charge < -0.3 is 20.6 Å². The van der Waals surface area contributed by atoms with E-state index in [2.05, 4.69) is 10.6 Å². The van der Waals surface area contributed by atoms with Crippen molar-refractivity contribution in [3.8, 4) is 5.75 Å². The van der Waals surface area contributed by atoms with E-state index in [-0.39, 0.29) is 49.0 Å². The Bertz CT molecular complexity index is 885. The van der Waals surface area contributed by atoms with E-state index in [1.54, 1.807) is 17.0 Å². The molecule has 0 saturated carbocycles. The number of carbonyl (C=O) groups excluding carboxylic acids is 3. The molecule has 1 aliphatic heterocycles. The van der Waals surface area contributed by atoms with Crippen molar-refractivity contribution >= 4 is 17.7 Å². The molecule has 2 unspecified atom stereocenters. The second kappa shape index (κ2) is 9.23. The van der Waals surface area contributed by atoms with Crippen LogP contribution in [-0.4, -0.2) is 47.4 Å². The maximum Gasteiger partial charge on any atom is 0.251 e. The molecule has 0 spiro atoms. The zero-order chi connectivity index (χ0) is 20.8. The zero-order valence-corrected chi connectivity index (χ0v) is 16.3. The number of phenols is 1. The fourth-order valence-electron chi connectivity index (χ4n) is 3.45. The molecule has 3 N–H and O–H groups in total. The molecule has 0 aromatic heterocycles. The van der Waals surface area contributed by atoms with Crippen molar-refractivity contribution < 1.29 is 19.5 Å². The largest absolute Gasteiger partial charge is 0.508 e. The molecule has 1 heterocycles. The lowest BCUT2D eigenvalue weighted by Crippen LogP contribution is -2.38. The summed E-state index contributed by atoms with van der Waals surface area (Å²) >= 11 is 0. The summed E-state index contributed by atoms with van der Waals surface area (Å²) in [7, 11) is 0. The monoisotopic (exact) mass is 395 g/mol. The molecule has 152 valence electrons. The van der Waals surface area contributed by atoms with E-state index in [1.807, 2.05) is 37.3 Å². The first-order valence-electron chi connectivity index (χ1n) is 9.65. The standard InChI is InChI=1S/C22H25N3O4/c1-15(16-6-3-2-4-7-16)25-14-18(13-20(25)27)22(29)24-11-10-23-21(28)17-8-5-9-19(26)12-17/h2-9,12,15,18,26H,10-11,13-14H2,1H3,(H,23,28)(H,24,29). The lowest BCUT2D eigenvalue weighted by atomic mass is 10.1. The minimum absolute atomic E-state index is 0.0196. The van der Waals surface area contributed by atoms with Gasteiger partial charge in [-0.3, -0.25) is 14.4 Å². The third-order valence-electron chi connectivity index (χ3n) is 5.10. The van der Waals surface area contributed by atoms with Crippen LogP contribution in [0, 0.1) is 5.92 Å². The van der Waals surface area contributed by atoms with Crippen molar-refractivity contribution in [2.45, 2.75) is 19.4 Å². The molecule has 29 heavy (non-hydrogen) atoms. The Balaban J connectivity index is 1.44. The first-order valence-corrected chi connectivity index (χ1v) is 9.65. The van der Waals surface area contributed by atoms with Crippen LogP contribution in [0.4, 0.5) is 0 Å². The number of benzene rings is 2. The summed E-state index contributed by atoms with van der Waals surface area (Å²) in [6.45, 7) is 2.87. The predicted molar refractivity (Wildman–Crippen MR) is 108 cm³/mol. The first-order chi connectivity index (χ1) is 14.0. The van der Waals surface area contributed by atoms with Gasteiger partial charge in [0.15, 0.2) is 0 Å². The van der Waals surface area contributed by atoms with Gasteiger partial charge in [-0.15, -0.1) is 0 Å². The minimum atomic E-state index is -0.393. The maximum atomic E-state index is 12.4. The number of rotatable bonds is 7. The average Bonchev–Trinajstić information content (AvgIpc) is 3.12. The number of carbonyl (C=O) groups is 3. The smallest absolute Gasteiger partial charge is 0.251 e. The van der Waals surface area contributed by atoms with Crippen molar-refractivity contribution in [3.05, 3.63) is 65.7 Å². The number of hydrogen-bond donors (Lipinski definition) is 3. The molecule has 0 aliphatic carbocycles. The van der Waals surface area contributed by atoms with Crippen LogP contribution in [0.3, 0.4) is 0 Å². The number of nitrogens with one attached hydrogen (secondary N) is 2. The summed E-state index contributed by atoms with van der Waals surface area (Å²) < 4.78 is 0. The highest BCUT2D eigenvalue weighted by molar-refractivity contribution is 5.94. The molecule has 7 nitrogen and oxygen atoms in total. The van der Waals surface area contributed by atoms with Crippen LogP contribution < -0.4 is 10.6 Å². The SMILES string of the molecule is CC(c1ccccc1)N1CC(C(=O)NCCNC(=O)c2cccc(O)c2)CC1=O. The highest BCUT2D eigenvalue weighted by Crippen LogP contribution is 2.28. The van der Waals surface area contributed by atoms with Crippen LogP contribution in [0.2, 0.25) is 0 Å². The fourth-order valence-corrected chi connectivity index (χ4v) is 3.45. The molecular formula is C22H25N3O4. The molecule has 3 rings (SSSR count). The molecule has 2 aromatic rings. The molecule has 1 fully saturated rings. The minimum Gasteiger partial charge on any atom is -0.508 e. The van der Waals surface area contributed by atoms with Gasteiger partial charge in [0.1, 0.15) is 5.75 Å². The summed E-state index contributed by atoms with van der Waals surface area (Å²) in [5.41, 5.74) is 1.39. The summed E-state index contributed by atoms with van der Waals surface area (Å²) in [5, 5.41) is 14.9. The van der Waals surface area contributed by atoms with Gasteiger partial charge in [-0.25, -0.2) is 0 Å². The fraction of sp³-hybridized carbons (Fsp3) is 0.318. The zero-order valence-electron chi connectivity index (χ0n) is 16.3. The van der Waals surface area contributed by atoms with Gasteiger partial charge in [-0.05, 0) is 30.7 Å². The Morgan fingerprint density at radius 2 is 1.83 bits per heavy atom. The van der Waals surface area contributed by atoms with Crippen molar-refractivity contribution in [1.29, 1.82) is 0 Å². The number of aromatic hydroxyl groups is 1. The molecule has 3 amide bonds. The summed E-state index contributed by atoms with van der Waals surface area (Å²) in [4.78, 5) is 38.5. The Morgan fingerprint density at radius 3 is 2.55 bits per heavy atom. The summed E-state index contributed by atoms with van der Waals surface area (Å²) in [6, 6.07) is 15.7. The van der Waals surface area contributed by atoms with Crippen LogP contribution in [-0.2, 0) is 9.59 Å². The maximum absolute atomic E-state index is 12.4. The van der Waals surface area contributed by atoms with E-state index in [4.69, 9.17) is 0 Å². The van der Waals surface area contributed by atoms with Gasteiger partial charge in [0.05, 0.1) is 12.0 Å². The Hall–Kier alpha value is -3.35. The summed E-state index contributed by atoms with van der Waals surface area (Å²) in [6.07, 6.45) is 0.193. The van der Waals surface area contributed by atoms with Crippen molar-refractivity contribution in [1.82, 2.24) is 15.5 Å². The second-order valence-corrected chi connectivity index (χ2v) is 7.13. The molecule has 1 aliphatic rings. The van der Waals surface area contributed by atoms with E-state index in [0.717, 1.165) is 5.56 Å². The lowest BCUT2D eigenvalue weighted by molar-refractivity contribution is -0.130. The number of nitrogens with zero attached hydrogens (tertiary/aromatic N) is 1. The number of hydrogen-bond acceptors (Lipinski definition) is 4. The van der Waals surface area contributed by atoms with Crippen LogP contribution in [0.15, 0.2) is 54.6 Å². The van der Waals surface area contributed by atoms with E-state index in [1.165, 1.54) is 12.1 Å². The topological polar surface area (TPSA) is 98.7 Å².